The molecule has 102 valence electrons. The summed E-state index contributed by atoms with van der Waals surface area (Å²) in [7, 11) is 0. The second-order valence-electron chi connectivity index (χ2n) is 4.64. The van der Waals surface area contributed by atoms with Gasteiger partial charge < -0.3 is 10.7 Å². The van der Waals surface area contributed by atoms with Crippen molar-refractivity contribution in [2.75, 3.05) is 5.73 Å². The Bertz CT molecular complexity index is 906. The van der Waals surface area contributed by atoms with Crippen LogP contribution < -0.4 is 5.73 Å². The molecule has 4 nitrogen and oxygen atoms in total. The van der Waals surface area contributed by atoms with E-state index in [2.05, 4.69) is 27.0 Å². The highest BCUT2D eigenvalue weighted by molar-refractivity contribution is 9.10. The Morgan fingerprint density at radius 3 is 2.76 bits per heavy atom. The zero-order valence-corrected chi connectivity index (χ0v) is 12.4. The average molecular weight is 340 g/mol. The molecule has 2 aromatic carbocycles. The van der Waals surface area contributed by atoms with Gasteiger partial charge in [-0.3, -0.25) is 4.79 Å². The third-order valence-corrected chi connectivity index (χ3v) is 4.04. The number of ketones is 1. The molecule has 3 rings (SSSR count). The Kier molecular flexibility index (Phi) is 3.24. The molecule has 0 bridgehead atoms. The molecule has 3 N–H and O–H groups in total. The Labute approximate surface area is 129 Å². The van der Waals surface area contributed by atoms with Crippen molar-refractivity contribution in [1.29, 1.82) is 5.26 Å². The molecule has 0 amide bonds. The van der Waals surface area contributed by atoms with Crippen LogP contribution >= 0.6 is 15.9 Å². The summed E-state index contributed by atoms with van der Waals surface area (Å²) in [5.74, 6) is -0.106. The molecular weight excluding hydrogens is 330 g/mol. The maximum absolute atomic E-state index is 12.6. The first-order valence-corrected chi connectivity index (χ1v) is 7.00. The van der Waals surface area contributed by atoms with Gasteiger partial charge in [-0.15, -0.1) is 0 Å². The summed E-state index contributed by atoms with van der Waals surface area (Å²) in [6.45, 7) is 0. The lowest BCUT2D eigenvalue weighted by molar-refractivity contribution is 0.104. The number of fused-ring (bicyclic) bond motifs is 1. The van der Waals surface area contributed by atoms with Crippen molar-refractivity contribution >= 4 is 38.3 Å². The van der Waals surface area contributed by atoms with Gasteiger partial charge in [-0.25, -0.2) is 0 Å². The first kappa shape index (κ1) is 13.4. The quantitative estimate of drug-likeness (QED) is 0.552. The van der Waals surface area contributed by atoms with Crippen molar-refractivity contribution in [3.05, 3.63) is 63.8 Å². The van der Waals surface area contributed by atoms with E-state index in [4.69, 9.17) is 11.0 Å². The van der Waals surface area contributed by atoms with E-state index in [0.29, 0.717) is 22.4 Å². The summed E-state index contributed by atoms with van der Waals surface area (Å²) in [5.41, 5.74) is 8.75. The fourth-order valence-electron chi connectivity index (χ4n) is 2.22. The van der Waals surface area contributed by atoms with Crippen molar-refractivity contribution in [2.24, 2.45) is 0 Å². The average Bonchev–Trinajstić information content (AvgIpc) is 2.92. The summed E-state index contributed by atoms with van der Waals surface area (Å²) < 4.78 is 0.761. The molecule has 0 spiro atoms. The standard InChI is InChI=1S/C16H10BrN3O/c17-13-4-2-10(6-14(13)19)16(21)12-8-20-15-5-9(7-18)1-3-11(12)15/h1-6,8,20H,19H2. The molecule has 0 aliphatic carbocycles. The first-order chi connectivity index (χ1) is 10.1. The molecule has 0 saturated carbocycles. The number of nitrogens with zero attached hydrogens (tertiary/aromatic N) is 1. The number of nitrogen functional groups attached to an aromatic ring is 1. The zero-order chi connectivity index (χ0) is 15.0. The van der Waals surface area contributed by atoms with E-state index in [1.165, 1.54) is 0 Å². The van der Waals surface area contributed by atoms with Crippen LogP contribution in [0.4, 0.5) is 5.69 Å². The molecule has 0 aliphatic rings. The Balaban J connectivity index is 2.09. The van der Waals surface area contributed by atoms with Crippen LogP contribution in [0.2, 0.25) is 0 Å². The fourth-order valence-corrected chi connectivity index (χ4v) is 2.47. The molecule has 0 fully saturated rings. The number of benzene rings is 2. The predicted octanol–water partition coefficient (Wildman–Crippen LogP) is 3.62. The minimum Gasteiger partial charge on any atom is -0.398 e. The Hall–Kier alpha value is -2.58. The summed E-state index contributed by atoms with van der Waals surface area (Å²) in [5, 5.41) is 9.69. The van der Waals surface area contributed by atoms with Crippen molar-refractivity contribution in [3.8, 4) is 6.07 Å². The van der Waals surface area contributed by atoms with E-state index in [-0.39, 0.29) is 5.78 Å². The van der Waals surface area contributed by atoms with Crippen molar-refractivity contribution < 1.29 is 4.79 Å². The Morgan fingerprint density at radius 2 is 2.05 bits per heavy atom. The molecule has 1 heterocycles. The number of hydrogen-bond donors (Lipinski definition) is 2. The second kappa shape index (κ2) is 5.08. The monoisotopic (exact) mass is 339 g/mol. The number of aromatic amines is 1. The molecular formula is C16H10BrN3O. The van der Waals surface area contributed by atoms with Crippen LogP contribution in [0.5, 0.6) is 0 Å². The van der Waals surface area contributed by atoms with Crippen LogP contribution in [0.25, 0.3) is 10.9 Å². The number of halogens is 1. The molecule has 0 unspecified atom stereocenters. The van der Waals surface area contributed by atoms with Gasteiger partial charge >= 0.3 is 0 Å². The van der Waals surface area contributed by atoms with E-state index in [9.17, 15) is 4.79 Å². The van der Waals surface area contributed by atoms with Crippen LogP contribution in [0, 0.1) is 11.3 Å². The number of nitrogens with two attached hydrogens (primary N) is 1. The maximum atomic E-state index is 12.6. The first-order valence-electron chi connectivity index (χ1n) is 6.21. The molecule has 0 saturated heterocycles. The number of hydrogen-bond acceptors (Lipinski definition) is 3. The van der Waals surface area contributed by atoms with Crippen LogP contribution in [-0.2, 0) is 0 Å². The third kappa shape index (κ3) is 2.30. The Morgan fingerprint density at radius 1 is 1.24 bits per heavy atom. The topological polar surface area (TPSA) is 82.7 Å². The largest absolute Gasteiger partial charge is 0.398 e. The highest BCUT2D eigenvalue weighted by Gasteiger charge is 2.15. The minimum absolute atomic E-state index is 0.106. The summed E-state index contributed by atoms with van der Waals surface area (Å²) in [6, 6.07) is 12.4. The van der Waals surface area contributed by atoms with E-state index in [1.807, 2.05) is 0 Å². The fraction of sp³-hybridized carbons (Fsp3) is 0. The minimum atomic E-state index is -0.106. The van der Waals surface area contributed by atoms with Crippen LogP contribution in [-0.4, -0.2) is 10.8 Å². The lowest BCUT2D eigenvalue weighted by Gasteiger charge is -2.03. The van der Waals surface area contributed by atoms with Gasteiger partial charge in [0.15, 0.2) is 5.78 Å². The zero-order valence-electron chi connectivity index (χ0n) is 10.9. The number of carbonyl (C=O) groups excluding carboxylic acids is 1. The molecule has 3 aromatic rings. The smallest absolute Gasteiger partial charge is 0.195 e. The summed E-state index contributed by atoms with van der Waals surface area (Å²) in [4.78, 5) is 15.6. The van der Waals surface area contributed by atoms with Crippen LogP contribution in [0.3, 0.4) is 0 Å². The number of rotatable bonds is 2. The van der Waals surface area contributed by atoms with Gasteiger partial charge in [0.25, 0.3) is 0 Å². The van der Waals surface area contributed by atoms with Crippen molar-refractivity contribution in [2.45, 2.75) is 0 Å². The van der Waals surface area contributed by atoms with Gasteiger partial charge in [-0.2, -0.15) is 5.26 Å². The second-order valence-corrected chi connectivity index (χ2v) is 5.49. The van der Waals surface area contributed by atoms with Gasteiger partial charge in [-0.05, 0) is 46.3 Å². The van der Waals surface area contributed by atoms with E-state index >= 15 is 0 Å². The number of aromatic nitrogens is 1. The van der Waals surface area contributed by atoms with E-state index < -0.39 is 0 Å². The van der Waals surface area contributed by atoms with Crippen LogP contribution in [0.15, 0.2) is 47.1 Å². The van der Waals surface area contributed by atoms with Gasteiger partial charge in [0, 0.05) is 38.4 Å². The number of carbonyl (C=O) groups is 1. The SMILES string of the molecule is N#Cc1ccc2c(C(=O)c3ccc(Br)c(N)c3)c[nH]c2c1. The van der Waals surface area contributed by atoms with Crippen molar-refractivity contribution in [3.63, 3.8) is 0 Å². The summed E-state index contributed by atoms with van der Waals surface area (Å²) in [6.07, 6.45) is 1.66. The number of nitrogens with one attached hydrogen (secondary N) is 1. The van der Waals surface area contributed by atoms with Crippen molar-refractivity contribution in [1.82, 2.24) is 4.98 Å². The highest BCUT2D eigenvalue weighted by atomic mass is 79.9. The highest BCUT2D eigenvalue weighted by Crippen LogP contribution is 2.25. The van der Waals surface area contributed by atoms with Gasteiger partial charge in [0.1, 0.15) is 0 Å². The molecule has 1 aromatic heterocycles. The molecule has 0 aliphatic heterocycles. The van der Waals surface area contributed by atoms with Gasteiger partial charge in [0.05, 0.1) is 11.6 Å². The molecule has 5 heteroatoms. The lowest BCUT2D eigenvalue weighted by atomic mass is 10.0. The maximum Gasteiger partial charge on any atom is 0.195 e. The van der Waals surface area contributed by atoms with Gasteiger partial charge in [0.2, 0.25) is 0 Å². The van der Waals surface area contributed by atoms with Gasteiger partial charge in [-0.1, -0.05) is 6.07 Å². The predicted molar refractivity (Wildman–Crippen MR) is 85.0 cm³/mol. The normalized spacial score (nSPS) is 10.5. The number of H-pyrrole nitrogens is 1. The number of nitriles is 1. The van der Waals surface area contributed by atoms with Crippen LogP contribution in [0.1, 0.15) is 21.5 Å². The van der Waals surface area contributed by atoms with E-state index in [0.717, 1.165) is 15.4 Å². The summed E-state index contributed by atoms with van der Waals surface area (Å²) >= 11 is 3.31. The van der Waals surface area contributed by atoms with E-state index in [1.54, 1.807) is 42.6 Å². The third-order valence-electron chi connectivity index (χ3n) is 3.31. The molecule has 0 radical (unpaired) electrons. The lowest BCUT2D eigenvalue weighted by Crippen LogP contribution is -2.01. The molecule has 0 atom stereocenters. The molecule has 21 heavy (non-hydrogen) atoms. The number of anilines is 1.